The molecule has 2 aromatic carbocycles. The van der Waals surface area contributed by atoms with Crippen LogP contribution < -0.4 is 9.70 Å². The monoisotopic (exact) mass is 516 g/mol. The van der Waals surface area contributed by atoms with E-state index in [0.717, 1.165) is 23.3 Å². The zero-order valence-corrected chi connectivity index (χ0v) is 21.3. The summed E-state index contributed by atoms with van der Waals surface area (Å²) >= 11 is 2.55. The maximum absolute atomic E-state index is 13.7. The number of fused-ring (bicyclic) bond motifs is 1. The van der Waals surface area contributed by atoms with E-state index in [1.165, 1.54) is 40.9 Å². The number of anilines is 1. The number of hydrogen-bond donors (Lipinski definition) is 0. The Hall–Kier alpha value is -2.69. The average Bonchev–Trinajstić information content (AvgIpc) is 3.20. The van der Waals surface area contributed by atoms with Gasteiger partial charge in [0.05, 0.1) is 28.3 Å². The highest BCUT2D eigenvalue weighted by molar-refractivity contribution is 8.00. The Morgan fingerprint density at radius 1 is 1.09 bits per heavy atom. The van der Waals surface area contributed by atoms with E-state index in [-0.39, 0.29) is 29.1 Å². The SMILES string of the molecule is CCOCCn1c(=NC(=O)CSCC(=O)N2CCN(c3ccccc3)CC2)sc2cc(F)ccc21. The lowest BCUT2D eigenvalue weighted by molar-refractivity contribution is -0.128. The second-order valence-electron chi connectivity index (χ2n) is 8.05. The van der Waals surface area contributed by atoms with Crippen LogP contribution in [-0.2, 0) is 20.9 Å². The topological polar surface area (TPSA) is 67.1 Å². The molecule has 0 aliphatic carbocycles. The number of benzene rings is 2. The van der Waals surface area contributed by atoms with Crippen LogP contribution in [0.2, 0.25) is 0 Å². The van der Waals surface area contributed by atoms with Crippen LogP contribution in [0.25, 0.3) is 10.2 Å². The van der Waals surface area contributed by atoms with Crippen molar-refractivity contribution < 1.29 is 18.7 Å². The van der Waals surface area contributed by atoms with E-state index in [9.17, 15) is 14.0 Å². The van der Waals surface area contributed by atoms with Gasteiger partial charge in [0.1, 0.15) is 5.82 Å². The van der Waals surface area contributed by atoms with Gasteiger partial charge in [-0.05, 0) is 37.3 Å². The van der Waals surface area contributed by atoms with Crippen LogP contribution in [0.3, 0.4) is 0 Å². The minimum absolute atomic E-state index is 0.0413. The number of rotatable bonds is 9. The van der Waals surface area contributed by atoms with Crippen molar-refractivity contribution in [1.82, 2.24) is 9.47 Å². The van der Waals surface area contributed by atoms with E-state index < -0.39 is 0 Å². The van der Waals surface area contributed by atoms with Gasteiger partial charge in [-0.25, -0.2) is 4.39 Å². The van der Waals surface area contributed by atoms with Crippen molar-refractivity contribution in [2.75, 3.05) is 55.8 Å². The molecule has 1 aliphatic heterocycles. The molecule has 1 aromatic heterocycles. The van der Waals surface area contributed by atoms with Gasteiger partial charge in [0.15, 0.2) is 4.80 Å². The number of amides is 2. The van der Waals surface area contributed by atoms with Crippen LogP contribution in [0.1, 0.15) is 6.92 Å². The summed E-state index contributed by atoms with van der Waals surface area (Å²) in [5.74, 6) is -0.237. The highest BCUT2D eigenvalue weighted by atomic mass is 32.2. The van der Waals surface area contributed by atoms with E-state index in [1.54, 1.807) is 6.07 Å². The van der Waals surface area contributed by atoms with Crippen LogP contribution >= 0.6 is 23.1 Å². The molecular formula is C25H29FN4O3S2. The van der Waals surface area contributed by atoms with Crippen molar-refractivity contribution >= 4 is 50.8 Å². The molecule has 0 saturated carbocycles. The Balaban J connectivity index is 1.31. The summed E-state index contributed by atoms with van der Waals surface area (Å²) in [6, 6.07) is 14.7. The zero-order valence-electron chi connectivity index (χ0n) is 19.7. The number of thiazole rings is 1. The number of carbonyl (C=O) groups excluding carboxylic acids is 2. The first-order chi connectivity index (χ1) is 17.0. The Bertz CT molecular complexity index is 1220. The van der Waals surface area contributed by atoms with Crippen LogP contribution in [-0.4, -0.2) is 72.2 Å². The molecule has 1 saturated heterocycles. The second kappa shape index (κ2) is 12.3. The van der Waals surface area contributed by atoms with E-state index in [2.05, 4.69) is 22.0 Å². The number of ether oxygens (including phenoxy) is 1. The first-order valence-corrected chi connectivity index (χ1v) is 13.6. The summed E-state index contributed by atoms with van der Waals surface area (Å²) in [5, 5.41) is 0. The quantitative estimate of drug-likeness (QED) is 0.408. The molecule has 186 valence electrons. The van der Waals surface area contributed by atoms with Gasteiger partial charge in [-0.3, -0.25) is 9.59 Å². The summed E-state index contributed by atoms with van der Waals surface area (Å²) in [6.45, 7) is 6.44. The maximum atomic E-state index is 13.7. The molecule has 0 N–H and O–H groups in total. The Kier molecular flexibility index (Phi) is 8.95. The summed E-state index contributed by atoms with van der Waals surface area (Å²) in [7, 11) is 0. The van der Waals surface area contributed by atoms with Gasteiger partial charge in [-0.2, -0.15) is 4.99 Å². The first-order valence-electron chi connectivity index (χ1n) is 11.6. The molecule has 0 radical (unpaired) electrons. The minimum atomic E-state index is -0.327. The fourth-order valence-electron chi connectivity index (χ4n) is 3.96. The van der Waals surface area contributed by atoms with Crippen molar-refractivity contribution in [2.45, 2.75) is 13.5 Å². The van der Waals surface area contributed by atoms with Gasteiger partial charge in [-0.15, -0.1) is 11.8 Å². The molecular weight excluding hydrogens is 487 g/mol. The molecule has 1 aliphatic rings. The summed E-state index contributed by atoms with van der Waals surface area (Å²) in [6.07, 6.45) is 0. The van der Waals surface area contributed by atoms with E-state index in [1.807, 2.05) is 34.6 Å². The number of carbonyl (C=O) groups is 2. The lowest BCUT2D eigenvalue weighted by Crippen LogP contribution is -2.49. The van der Waals surface area contributed by atoms with E-state index >= 15 is 0 Å². The smallest absolute Gasteiger partial charge is 0.258 e. The summed E-state index contributed by atoms with van der Waals surface area (Å²) < 4.78 is 21.7. The van der Waals surface area contributed by atoms with Crippen molar-refractivity contribution in [3.8, 4) is 0 Å². The number of nitrogens with zero attached hydrogens (tertiary/aromatic N) is 4. The Morgan fingerprint density at radius 2 is 1.86 bits per heavy atom. The zero-order chi connectivity index (χ0) is 24.6. The van der Waals surface area contributed by atoms with Crippen LogP contribution in [0.15, 0.2) is 53.5 Å². The first kappa shape index (κ1) is 25.4. The maximum Gasteiger partial charge on any atom is 0.258 e. The van der Waals surface area contributed by atoms with Gasteiger partial charge >= 0.3 is 0 Å². The molecule has 0 bridgehead atoms. The van der Waals surface area contributed by atoms with E-state index in [0.29, 0.717) is 37.6 Å². The number of aromatic nitrogens is 1. The fourth-order valence-corrected chi connectivity index (χ4v) is 5.75. The molecule has 0 spiro atoms. The van der Waals surface area contributed by atoms with Crippen LogP contribution in [0.5, 0.6) is 0 Å². The van der Waals surface area contributed by atoms with Crippen molar-refractivity contribution in [1.29, 1.82) is 0 Å². The molecule has 7 nitrogen and oxygen atoms in total. The average molecular weight is 517 g/mol. The Labute approximate surface area is 212 Å². The van der Waals surface area contributed by atoms with E-state index in [4.69, 9.17) is 4.74 Å². The molecule has 10 heteroatoms. The summed E-state index contributed by atoms with van der Waals surface area (Å²) in [5.41, 5.74) is 1.99. The number of piperazine rings is 1. The molecule has 0 atom stereocenters. The lowest BCUT2D eigenvalue weighted by atomic mass is 10.2. The van der Waals surface area contributed by atoms with Gasteiger partial charge in [0.2, 0.25) is 5.91 Å². The van der Waals surface area contributed by atoms with Gasteiger partial charge in [-0.1, -0.05) is 29.5 Å². The summed E-state index contributed by atoms with van der Waals surface area (Å²) in [4.78, 5) is 34.1. The molecule has 2 amide bonds. The van der Waals surface area contributed by atoms with Gasteiger partial charge in [0.25, 0.3) is 5.91 Å². The van der Waals surface area contributed by atoms with Gasteiger partial charge < -0.3 is 19.1 Å². The Morgan fingerprint density at radius 3 is 2.60 bits per heavy atom. The third-order valence-corrected chi connectivity index (χ3v) is 7.68. The molecule has 3 aromatic rings. The normalized spacial score (nSPS) is 14.6. The highest BCUT2D eigenvalue weighted by Gasteiger charge is 2.21. The minimum Gasteiger partial charge on any atom is -0.380 e. The number of para-hydroxylation sites is 1. The molecule has 4 rings (SSSR count). The van der Waals surface area contributed by atoms with Crippen molar-refractivity contribution in [3.63, 3.8) is 0 Å². The van der Waals surface area contributed by atoms with Crippen molar-refractivity contribution in [3.05, 3.63) is 59.1 Å². The standard InChI is InChI=1S/C25H29FN4O3S2/c1-2-33-15-14-30-21-9-8-19(26)16-22(21)35-25(30)27-23(31)17-34-18-24(32)29-12-10-28(11-13-29)20-6-4-3-5-7-20/h3-9,16H,2,10-15,17-18H2,1H3. The number of hydrogen-bond acceptors (Lipinski definition) is 6. The highest BCUT2D eigenvalue weighted by Crippen LogP contribution is 2.19. The predicted molar refractivity (Wildman–Crippen MR) is 139 cm³/mol. The predicted octanol–water partition coefficient (Wildman–Crippen LogP) is 3.39. The third kappa shape index (κ3) is 6.71. The van der Waals surface area contributed by atoms with Crippen LogP contribution in [0.4, 0.5) is 10.1 Å². The molecule has 1 fully saturated rings. The number of halogens is 1. The lowest BCUT2D eigenvalue weighted by Gasteiger charge is -2.36. The largest absolute Gasteiger partial charge is 0.380 e. The van der Waals surface area contributed by atoms with Crippen LogP contribution in [0, 0.1) is 5.82 Å². The molecule has 35 heavy (non-hydrogen) atoms. The van der Waals surface area contributed by atoms with Crippen molar-refractivity contribution in [2.24, 2.45) is 4.99 Å². The fraction of sp³-hybridized carbons (Fsp3) is 0.400. The molecule has 0 unspecified atom stereocenters. The second-order valence-corrected chi connectivity index (χ2v) is 10.0. The number of thioether (sulfide) groups is 1. The van der Waals surface area contributed by atoms with Gasteiger partial charge in [0, 0.05) is 45.0 Å². The third-order valence-electron chi connectivity index (χ3n) is 5.73. The molecule has 2 heterocycles.